The Morgan fingerprint density at radius 3 is 0.698 bits per heavy atom. The van der Waals surface area contributed by atoms with Crippen LogP contribution in [0.3, 0.4) is 0 Å². The summed E-state index contributed by atoms with van der Waals surface area (Å²) in [6.07, 6.45) is 52.1. The van der Waals surface area contributed by atoms with Crippen molar-refractivity contribution in [2.45, 2.75) is 117 Å². The molecular weight excluding hydrogens is 1230 g/mol. The molecule has 0 saturated heterocycles. The molecule has 8 aromatic rings. The van der Waals surface area contributed by atoms with E-state index >= 15 is 0 Å². The van der Waals surface area contributed by atoms with E-state index in [1.807, 2.05) is 0 Å². The maximum Gasteiger partial charge on any atom is 0.172 e. The monoisotopic (exact) mass is 1340 g/mol. The van der Waals surface area contributed by atoms with Crippen LogP contribution >= 0.6 is 0 Å². The molecular formula is C80H106N8O6S2+2. The van der Waals surface area contributed by atoms with Crippen molar-refractivity contribution >= 4 is 91.6 Å². The minimum atomic E-state index is -3.92. The van der Waals surface area contributed by atoms with E-state index < -0.39 is 20.2 Å². The highest BCUT2D eigenvalue weighted by atomic mass is 32.2. The summed E-state index contributed by atoms with van der Waals surface area (Å²) in [4.78, 5) is 8.49. The topological polar surface area (TPSA) is 143 Å². The molecule has 0 radical (unpaired) electrons. The summed E-state index contributed by atoms with van der Waals surface area (Å²) in [5.74, 6) is 0. The average Bonchev–Trinajstić information content (AvgIpc) is 1.25. The average molecular weight is 1340 g/mol. The minimum absolute atomic E-state index is 0.604. The number of hydrogen-bond donors (Lipinski definition) is 0. The van der Waals surface area contributed by atoms with Crippen LogP contribution in [-0.2, 0) is 46.4 Å². The molecule has 4 heterocycles. The van der Waals surface area contributed by atoms with E-state index in [1.54, 1.807) is 0 Å². The van der Waals surface area contributed by atoms with E-state index in [2.05, 4.69) is 340 Å². The van der Waals surface area contributed by atoms with Crippen molar-refractivity contribution in [3.63, 3.8) is 0 Å². The first-order valence-corrected chi connectivity index (χ1v) is 37.0. The lowest BCUT2D eigenvalue weighted by Gasteiger charge is -2.11. The van der Waals surface area contributed by atoms with Gasteiger partial charge in [0.2, 0.25) is 0 Å². The van der Waals surface area contributed by atoms with E-state index in [0.29, 0.717) is 12.5 Å². The van der Waals surface area contributed by atoms with Crippen LogP contribution in [0, 0.1) is 13.8 Å². The van der Waals surface area contributed by atoms with Crippen molar-refractivity contribution in [1.82, 2.24) is 0 Å². The van der Waals surface area contributed by atoms with E-state index in [-0.39, 0.29) is 0 Å². The Balaban J connectivity index is 0.000000306. The van der Waals surface area contributed by atoms with Crippen LogP contribution < -0.4 is 37.9 Å². The number of aryl methyl sites for hydroxylation is 6. The summed E-state index contributed by atoms with van der Waals surface area (Å²) in [6, 6.07) is 47.9. The molecule has 0 aliphatic heterocycles. The van der Waals surface area contributed by atoms with Gasteiger partial charge in [0.1, 0.15) is 26.2 Å². The molecule has 0 saturated carbocycles. The summed E-state index contributed by atoms with van der Waals surface area (Å²) in [7, 11) is 8.72. The van der Waals surface area contributed by atoms with Gasteiger partial charge in [-0.05, 0) is 133 Å². The van der Waals surface area contributed by atoms with Gasteiger partial charge in [0.05, 0.1) is 20.2 Å². The highest BCUT2D eigenvalue weighted by molar-refractivity contribution is 7.85. The number of anilines is 4. The fourth-order valence-corrected chi connectivity index (χ4v) is 10.3. The van der Waals surface area contributed by atoms with Gasteiger partial charge in [0.25, 0.3) is 0 Å². The van der Waals surface area contributed by atoms with Crippen molar-refractivity contribution < 1.29 is 44.2 Å². The smallest absolute Gasteiger partial charge is 0.172 e. The van der Waals surface area contributed by atoms with Gasteiger partial charge in [-0.1, -0.05) is 123 Å². The molecule has 0 atom stereocenters. The number of aromatic nitrogens is 4. The molecule has 0 fully saturated rings. The van der Waals surface area contributed by atoms with Gasteiger partial charge < -0.3 is 28.7 Å². The molecule has 4 aromatic carbocycles. The summed E-state index contributed by atoms with van der Waals surface area (Å²) in [5.41, 5.74) is 17.5. The van der Waals surface area contributed by atoms with Crippen LogP contribution in [0.4, 0.5) is 22.7 Å². The molecule has 14 nitrogen and oxygen atoms in total. The van der Waals surface area contributed by atoms with Crippen molar-refractivity contribution in [1.29, 1.82) is 0 Å². The molecule has 4 aromatic heterocycles. The molecule has 512 valence electrons. The van der Waals surface area contributed by atoms with Crippen molar-refractivity contribution in [3.05, 3.63) is 239 Å². The third-order valence-electron chi connectivity index (χ3n) is 16.0. The number of hydrogen-bond acceptors (Lipinski definition) is 10. The largest absolute Gasteiger partial charge is 0.748 e. The van der Waals surface area contributed by atoms with E-state index in [4.69, 9.17) is 25.9 Å². The molecule has 0 aliphatic rings. The zero-order valence-electron chi connectivity index (χ0n) is 59.1. The zero-order chi connectivity index (χ0) is 69.9. The first-order chi connectivity index (χ1) is 45.7. The maximum atomic E-state index is 9.08. The van der Waals surface area contributed by atoms with Crippen molar-refractivity contribution in [3.8, 4) is 0 Å². The third kappa shape index (κ3) is 33.2. The standard InChI is InChI=1S/C42H56N4.C36H44N4.2CH4O3S/c1-35-33-45(31-27-39(35)21-15-37-17-23-41(24-18-37)43(3)4)29-13-11-9-7-8-10-12-14-30-46-32-28-40(36(2)34-46)22-16-38-19-25-42(26-20-38)44(5)6;1-37(2)35-17-13-31(14-18-35)9-11-33-21-27-39(28-22-33)25-7-5-6-8-26-40-29-23-34(24-30-40)12-10-32-15-19-36(20-16-32)38(3)4;2*1-5(2,3)4/h15-28,31-34H,7-14,29-30H2,1-6H3;9-24,27-30H,5-8,25-26H2,1-4H3;2*1H3,(H,2,3,4)/q2*+2;;/p-2. The zero-order valence-corrected chi connectivity index (χ0v) is 60.7. The van der Waals surface area contributed by atoms with Gasteiger partial charge in [-0.25, -0.2) is 35.1 Å². The normalized spacial score (nSPS) is 11.5. The Bertz CT molecular complexity index is 3630. The minimum Gasteiger partial charge on any atom is -0.748 e. The third-order valence-corrected chi connectivity index (χ3v) is 16.0. The Morgan fingerprint density at radius 2 is 0.479 bits per heavy atom. The van der Waals surface area contributed by atoms with Crippen LogP contribution in [0.25, 0.3) is 48.6 Å². The lowest BCUT2D eigenvalue weighted by Crippen LogP contribution is -2.33. The van der Waals surface area contributed by atoms with Gasteiger partial charge in [-0.15, -0.1) is 0 Å². The predicted octanol–water partition coefficient (Wildman–Crippen LogP) is 14.5. The van der Waals surface area contributed by atoms with Gasteiger partial charge in [-0.3, -0.25) is 0 Å². The van der Waals surface area contributed by atoms with Crippen molar-refractivity contribution in [2.75, 3.05) is 88.5 Å². The lowest BCUT2D eigenvalue weighted by atomic mass is 10.1. The summed E-state index contributed by atoms with van der Waals surface area (Å²) >= 11 is 0. The first-order valence-electron chi connectivity index (χ1n) is 33.4. The Morgan fingerprint density at radius 1 is 0.292 bits per heavy atom. The van der Waals surface area contributed by atoms with Gasteiger partial charge in [0, 0.05) is 165 Å². The second kappa shape index (κ2) is 41.4. The van der Waals surface area contributed by atoms with Crippen LogP contribution in [-0.4, -0.2) is 94.8 Å². The molecule has 0 unspecified atom stereocenters. The number of pyridine rings is 4. The number of benzene rings is 4. The predicted molar refractivity (Wildman–Crippen MR) is 401 cm³/mol. The molecule has 96 heavy (non-hydrogen) atoms. The Kier molecular flexibility index (Phi) is 33.7. The highest BCUT2D eigenvalue weighted by Gasteiger charge is 2.09. The second-order valence-electron chi connectivity index (χ2n) is 25.3. The summed E-state index contributed by atoms with van der Waals surface area (Å²) < 4.78 is 63.7. The lowest BCUT2D eigenvalue weighted by molar-refractivity contribution is -0.698. The maximum absolute atomic E-state index is 9.08. The molecule has 8 rings (SSSR count). The highest BCUT2D eigenvalue weighted by Crippen LogP contribution is 2.20. The van der Waals surface area contributed by atoms with Crippen LogP contribution in [0.2, 0.25) is 0 Å². The molecule has 0 bridgehead atoms. The van der Waals surface area contributed by atoms with Crippen LogP contribution in [0.15, 0.2) is 183 Å². The number of nitrogens with zero attached hydrogens (tertiary/aromatic N) is 8. The second-order valence-corrected chi connectivity index (χ2v) is 28.1. The van der Waals surface area contributed by atoms with E-state index in [9.17, 15) is 0 Å². The van der Waals surface area contributed by atoms with Crippen LogP contribution in [0.1, 0.15) is 133 Å². The number of unbranched alkanes of at least 4 members (excludes halogenated alkanes) is 10. The molecule has 0 N–H and O–H groups in total. The van der Waals surface area contributed by atoms with Crippen molar-refractivity contribution in [2.24, 2.45) is 0 Å². The molecule has 16 heteroatoms. The molecule has 0 aliphatic carbocycles. The number of rotatable bonds is 30. The van der Waals surface area contributed by atoms with E-state index in [1.165, 1.54) is 155 Å². The van der Waals surface area contributed by atoms with E-state index in [0.717, 1.165) is 26.2 Å². The quantitative estimate of drug-likeness (QED) is 0.0242. The van der Waals surface area contributed by atoms with Gasteiger partial charge >= 0.3 is 0 Å². The fourth-order valence-electron chi connectivity index (χ4n) is 10.3. The molecule has 0 amide bonds. The van der Waals surface area contributed by atoms with Gasteiger partial charge in [0.15, 0.2) is 49.6 Å². The Labute approximate surface area is 576 Å². The molecule has 0 spiro atoms. The summed E-state index contributed by atoms with van der Waals surface area (Å²) in [5, 5.41) is 0. The SMILES string of the molecule is CN(C)c1ccc(/C=C/c2cc[n+](CCCCCC[n+]3ccc(/C=C/c4ccc(N(C)C)cc4)cc3)cc2)cc1.CS(=O)(=O)[O-].CS(=O)(=O)[O-].Cc1c[n+](CCCCCCCCCC[n+]2ccc(/C=C/c3ccc(N(C)C)cc3)c(C)c2)ccc1/C=C/c1ccc(N(C)C)cc1. The first kappa shape index (κ1) is 78.2. The van der Waals surface area contributed by atoms with Crippen LogP contribution in [0.5, 0.6) is 0 Å². The fraction of sp³-hybridized carbons (Fsp3) is 0.350. The summed E-state index contributed by atoms with van der Waals surface area (Å²) in [6.45, 7) is 8.78. The van der Waals surface area contributed by atoms with Gasteiger partial charge in [-0.2, -0.15) is 0 Å². The Hall–Kier alpha value is -8.54.